The van der Waals surface area contributed by atoms with Crippen molar-refractivity contribution in [1.82, 2.24) is 36.8 Å². The molecule has 0 saturated carbocycles. The first-order valence-electron chi connectivity index (χ1n) is 37.5. The van der Waals surface area contributed by atoms with Crippen LogP contribution in [0.1, 0.15) is 22.3 Å². The van der Waals surface area contributed by atoms with Crippen LogP contribution in [0.25, 0.3) is 99.8 Å². The highest BCUT2D eigenvalue weighted by molar-refractivity contribution is 14.1. The average molecular weight is 2050 g/mol. The van der Waals surface area contributed by atoms with Gasteiger partial charge in [0.2, 0.25) is 0 Å². The maximum Gasteiger partial charge on any atom is 0.492 e. The van der Waals surface area contributed by atoms with Gasteiger partial charge in [0.05, 0.1) is 42.6 Å². The van der Waals surface area contributed by atoms with Gasteiger partial charge in [-0.1, -0.05) is 108 Å². The van der Waals surface area contributed by atoms with E-state index in [9.17, 15) is 47.9 Å². The smallest absolute Gasteiger partial charge is 0.492 e. The van der Waals surface area contributed by atoms with E-state index >= 15 is 0 Å². The molecule has 11 aromatic heterocycles. The van der Waals surface area contributed by atoms with E-state index in [2.05, 4.69) is 102 Å². The van der Waals surface area contributed by atoms with Gasteiger partial charge in [0.15, 0.2) is 51.6 Å². The molecular formula is C89H71B2Br2F4IN8O14S6. The number of fused-ring (bicyclic) bond motifs is 4. The molecule has 0 unspecified atom stereocenters. The Balaban J connectivity index is 0.000000135. The topological polar surface area (TPSA) is 313 Å². The van der Waals surface area contributed by atoms with Crippen molar-refractivity contribution in [3.63, 3.8) is 0 Å². The molecule has 0 aliphatic heterocycles. The summed E-state index contributed by atoms with van der Waals surface area (Å²) < 4.78 is 156. The van der Waals surface area contributed by atoms with Crippen molar-refractivity contribution in [2.75, 3.05) is 21.3 Å². The lowest BCUT2D eigenvalue weighted by Crippen LogP contribution is -2.31. The summed E-state index contributed by atoms with van der Waals surface area (Å²) >= 11 is 13.5. The number of rotatable bonds is 17. The Hall–Kier alpha value is -11.0. The summed E-state index contributed by atoms with van der Waals surface area (Å²) in [6.45, 7) is 5.17. The third kappa shape index (κ3) is 20.2. The fourth-order valence-electron chi connectivity index (χ4n) is 13.2. The Morgan fingerprint density at radius 3 is 1.26 bits per heavy atom. The lowest BCUT2D eigenvalue weighted by molar-refractivity contribution is 0.276. The monoisotopic (exact) mass is 2050 g/mol. The van der Waals surface area contributed by atoms with Crippen molar-refractivity contribution in [1.29, 1.82) is 0 Å². The molecule has 0 fully saturated rings. The number of aromatic amines is 1. The Kier molecular flexibility index (Phi) is 29.6. The first-order chi connectivity index (χ1) is 60.4. The number of hydrogen-bond donors (Lipinski definition) is 6. The molecule has 22 nitrogen and oxygen atoms in total. The van der Waals surface area contributed by atoms with Crippen LogP contribution in [-0.4, -0.2) is 123 Å². The van der Waals surface area contributed by atoms with Gasteiger partial charge in [-0.05, 0) is 227 Å². The quantitative estimate of drug-likeness (QED) is 0.0280. The van der Waals surface area contributed by atoms with Crippen molar-refractivity contribution in [2.45, 2.75) is 42.1 Å². The molecule has 0 saturated heterocycles. The van der Waals surface area contributed by atoms with Crippen LogP contribution in [0.5, 0.6) is 17.2 Å². The van der Waals surface area contributed by atoms with E-state index < -0.39 is 68.4 Å². The summed E-state index contributed by atoms with van der Waals surface area (Å²) in [5.74, 6) is -1.91. The minimum atomic E-state index is -3.94. The number of methoxy groups -OCH3 is 3. The summed E-state index contributed by atoms with van der Waals surface area (Å²) in [6, 6.07) is 51.1. The summed E-state index contributed by atoms with van der Waals surface area (Å²) in [6.07, 6.45) is 12.9. The number of hydrogen-bond acceptors (Lipinski definition) is 21. The first kappa shape index (κ1) is 92.7. The van der Waals surface area contributed by atoms with Crippen LogP contribution in [0.3, 0.4) is 0 Å². The molecule has 0 aliphatic carbocycles. The SMILES string of the molecule is COc1c(F)cccc1-c1c[nH]c2ncc(-c3ccsc3)cc12.COc1c(F)cccc1-c1cn(S(=O)(=O)c2ccc(C)cc2)c2ncc(-c3ccsc3)cc12.COc1c(F)cccc1B(O)O.Cc1ccc(S(=O)(=O)n2cc(-c3cccc(F)c3CO)c3cc(Br)cnc32)cc1.Cc1ccc(S(=O)(=O)n2cc(I)c3cc(Br)cnc32)cc1.OB(O)c1ccsc1. The zero-order valence-corrected chi connectivity index (χ0v) is 77.2. The molecule has 0 aliphatic rings. The maximum absolute atomic E-state index is 14.5. The fraction of sp³-hybridized carbons (Fsp3) is 0.0787. The molecular weight excluding hydrogens is 1980 g/mol. The molecule has 7 aromatic carbocycles. The Morgan fingerprint density at radius 2 is 0.825 bits per heavy atom. The highest BCUT2D eigenvalue weighted by Gasteiger charge is 2.29. The van der Waals surface area contributed by atoms with Gasteiger partial charge in [0.1, 0.15) is 11.5 Å². The number of ether oxygens (including phenoxy) is 3. The van der Waals surface area contributed by atoms with Gasteiger partial charge >= 0.3 is 14.2 Å². The lowest BCUT2D eigenvalue weighted by atomic mass is 9.79. The zero-order valence-electron chi connectivity index (χ0n) is 67.0. The number of H-pyrrole nitrogens is 1. The number of benzene rings is 7. The second-order valence-electron chi connectivity index (χ2n) is 27.6. The third-order valence-electron chi connectivity index (χ3n) is 19.5. The van der Waals surface area contributed by atoms with E-state index in [1.807, 2.05) is 73.6 Å². The maximum atomic E-state index is 14.5. The van der Waals surface area contributed by atoms with Crippen molar-refractivity contribution in [3.8, 4) is 72.9 Å². The van der Waals surface area contributed by atoms with Gasteiger partial charge in [-0.25, -0.2) is 74.7 Å². The van der Waals surface area contributed by atoms with Crippen LogP contribution in [0.15, 0.2) is 294 Å². The second-order valence-corrected chi connectivity index (χ2v) is 38.4. The van der Waals surface area contributed by atoms with E-state index in [0.717, 1.165) is 76.9 Å². The number of aliphatic hydroxyl groups excluding tert-OH is 1. The van der Waals surface area contributed by atoms with Crippen LogP contribution >= 0.6 is 88.5 Å². The number of aliphatic hydroxyl groups is 1. The minimum absolute atomic E-state index is 0.0255. The molecule has 0 spiro atoms. The van der Waals surface area contributed by atoms with E-state index in [-0.39, 0.29) is 60.1 Å². The molecule has 18 rings (SSSR count). The van der Waals surface area contributed by atoms with E-state index in [0.29, 0.717) is 54.2 Å². The fourth-order valence-corrected chi connectivity index (χ4v) is 20.7. The number of para-hydroxylation sites is 3. The Labute approximate surface area is 764 Å². The van der Waals surface area contributed by atoms with Gasteiger partial charge in [-0.2, -0.15) is 34.0 Å². The van der Waals surface area contributed by atoms with Crippen LogP contribution in [0.2, 0.25) is 0 Å². The van der Waals surface area contributed by atoms with E-state index in [1.165, 1.54) is 110 Å². The zero-order chi connectivity index (χ0) is 90.1. The molecule has 0 atom stereocenters. The number of aryl methyl sites for hydroxylation is 3. The van der Waals surface area contributed by atoms with Gasteiger partial charge in [0, 0.05) is 134 Å². The predicted octanol–water partition coefficient (Wildman–Crippen LogP) is 18.8. The number of nitrogens with zero attached hydrogens (tertiary/aromatic N) is 7. The molecule has 642 valence electrons. The first-order valence-corrected chi connectivity index (χ1v) is 47.3. The predicted molar refractivity (Wildman–Crippen MR) is 503 cm³/mol. The second kappa shape index (κ2) is 40.3. The number of aromatic nitrogens is 8. The van der Waals surface area contributed by atoms with Crippen LogP contribution in [0.4, 0.5) is 17.6 Å². The van der Waals surface area contributed by atoms with E-state index in [1.54, 1.807) is 149 Å². The molecule has 0 amide bonds. The van der Waals surface area contributed by atoms with Gasteiger partial charge < -0.3 is 44.4 Å². The van der Waals surface area contributed by atoms with Gasteiger partial charge in [-0.15, -0.1) is 0 Å². The van der Waals surface area contributed by atoms with Crippen molar-refractivity contribution in [3.05, 3.63) is 328 Å². The summed E-state index contributed by atoms with van der Waals surface area (Å²) in [4.78, 5) is 21.2. The van der Waals surface area contributed by atoms with Crippen molar-refractivity contribution >= 4 is 188 Å². The molecule has 126 heavy (non-hydrogen) atoms. The van der Waals surface area contributed by atoms with Crippen LogP contribution in [0, 0.1) is 47.6 Å². The highest BCUT2D eigenvalue weighted by Crippen LogP contribution is 2.43. The molecule has 11 heterocycles. The van der Waals surface area contributed by atoms with Crippen LogP contribution < -0.4 is 25.1 Å². The van der Waals surface area contributed by atoms with Crippen molar-refractivity contribution in [2.24, 2.45) is 0 Å². The number of thiophene rings is 3. The molecule has 0 bridgehead atoms. The summed E-state index contributed by atoms with van der Waals surface area (Å²) in [5, 5.41) is 58.6. The Bertz CT molecular complexity index is 7310. The largest absolute Gasteiger partial charge is 0.494 e. The number of nitrogens with one attached hydrogen (secondary N) is 1. The summed E-state index contributed by atoms with van der Waals surface area (Å²) in [5.41, 5.74) is 12.7. The number of pyridine rings is 4. The van der Waals surface area contributed by atoms with E-state index in [4.69, 9.17) is 29.6 Å². The molecule has 18 aromatic rings. The van der Waals surface area contributed by atoms with Crippen LogP contribution in [-0.2, 0) is 36.7 Å². The van der Waals surface area contributed by atoms with Gasteiger partial charge in [0.25, 0.3) is 30.1 Å². The lowest BCUT2D eigenvalue weighted by Gasteiger charge is -2.08. The molecule has 0 radical (unpaired) electrons. The molecule has 37 heteroatoms. The normalized spacial score (nSPS) is 11.3. The highest BCUT2D eigenvalue weighted by atomic mass is 127. The molecule has 6 N–H and O–H groups in total. The average Bonchev–Trinajstić information content (AvgIpc) is 1.60. The third-order valence-corrected chi connectivity index (χ3v) is 28.3. The van der Waals surface area contributed by atoms with Gasteiger partial charge in [-0.3, -0.25) is 0 Å². The Morgan fingerprint density at radius 1 is 0.429 bits per heavy atom. The minimum Gasteiger partial charge on any atom is -0.494 e. The standard InChI is InChI=1S/C25H19FN2O3S2.C21H16BrFN2O3S.C18H13FN2OS.C14H10BrIN2O2S.C7H8BFO3.C4H5BO2S/c1-16-6-8-19(9-7-16)33(29,30)28-14-22(20-4-3-5-23(26)24(20)31-2)21-12-18(13-27-25(21)28)17-10-11-32-15-17;1-13-5-7-15(8-6-13)29(27,28)25-11-18(17-9-14(22)10-24-21(17)25)16-3-2-4-20(23)19(16)12-26;1-22-17-13(3-2-4-16(17)19)15-9-21-18-14(15)7-12(8-20-18)11-5-6-23-10-11;1-9-2-4-11(5-3-9)21(19,20)18-8-13(16)12-6-10(15)7-17-14(12)18;1-12-7-5(8(10)11)3-2-4-6(7)9;6-5(7)4-1-2-8-3-4/h3-15H,1-2H3;2-11,26H,12H2,1H3;2-10H,1H3,(H,20,21);2-8H,1H3;2-4,10-11H,1H3;1-3,6-7H. The van der Waals surface area contributed by atoms with Crippen molar-refractivity contribution < 1.29 is 82.2 Å². The number of halogens is 7. The summed E-state index contributed by atoms with van der Waals surface area (Å²) in [7, 11) is -10.4.